The molecule has 0 aliphatic carbocycles. The van der Waals surface area contributed by atoms with Crippen molar-refractivity contribution in [1.82, 2.24) is 21.3 Å². The Labute approximate surface area is 568 Å². The molecule has 100 heavy (non-hydrogen) atoms. The molecule has 4 amide bonds. The van der Waals surface area contributed by atoms with Crippen molar-refractivity contribution in [1.29, 1.82) is 0 Å². The Hall–Kier alpha value is -3.56. The summed E-state index contributed by atoms with van der Waals surface area (Å²) in [5.41, 5.74) is 0. The highest BCUT2D eigenvalue weighted by molar-refractivity contribution is 5.74. The van der Waals surface area contributed by atoms with Crippen LogP contribution in [0.15, 0.2) is 0 Å². The lowest BCUT2D eigenvalue weighted by Gasteiger charge is -2.52. The number of hydrogen-bond acceptors (Lipinski definition) is 40. The van der Waals surface area contributed by atoms with Crippen molar-refractivity contribution in [2.75, 3.05) is 52.9 Å². The molecule has 7 saturated heterocycles. The molecule has 7 aliphatic rings. The summed E-state index contributed by atoms with van der Waals surface area (Å²) in [7, 11) is 0. The largest absolute Gasteiger partial charge is 0.394 e. The van der Waals surface area contributed by atoms with Crippen LogP contribution in [0, 0.1) is 0 Å². The molecule has 7 heterocycles. The number of aliphatic hydroxyl groups excluding tert-OH is 22. The normalized spacial score (nSPS) is 45.4. The predicted molar refractivity (Wildman–Crippen MR) is 312 cm³/mol. The van der Waals surface area contributed by atoms with Crippen molar-refractivity contribution in [3.63, 3.8) is 0 Å². The van der Waals surface area contributed by atoms with E-state index in [0.29, 0.717) is 0 Å². The molecule has 44 nitrogen and oxygen atoms in total. The van der Waals surface area contributed by atoms with Gasteiger partial charge in [-0.2, -0.15) is 0 Å². The van der Waals surface area contributed by atoms with Gasteiger partial charge in [-0.05, 0) is 6.92 Å². The van der Waals surface area contributed by atoms with Gasteiger partial charge in [0.15, 0.2) is 44.0 Å². The van der Waals surface area contributed by atoms with E-state index < -0.39 is 316 Å². The molecule has 0 aromatic heterocycles. The highest BCUT2D eigenvalue weighted by Crippen LogP contribution is 2.39. The quantitative estimate of drug-likeness (QED) is 0.0331. The Kier molecular flexibility index (Phi) is 31.1. The monoisotopic (exact) mass is 1460 g/mol. The number of ether oxygens (including phenoxy) is 14. The minimum absolute atomic E-state index is 0.840. The van der Waals surface area contributed by atoms with Gasteiger partial charge in [-0.1, -0.05) is 0 Å². The van der Waals surface area contributed by atoms with Crippen molar-refractivity contribution in [2.45, 2.75) is 274 Å². The second-order valence-electron chi connectivity index (χ2n) is 25.1. The molecule has 0 aromatic rings. The van der Waals surface area contributed by atoms with Crippen LogP contribution >= 0.6 is 0 Å². The number of aliphatic hydroxyl groups is 22. The molecule has 0 radical (unpaired) electrons. The van der Waals surface area contributed by atoms with Gasteiger partial charge in [-0.3, -0.25) is 19.2 Å². The Morgan fingerprint density at radius 2 is 0.750 bits per heavy atom. The molecule has 7 aliphatic heterocycles. The van der Waals surface area contributed by atoms with Gasteiger partial charge in [-0.15, -0.1) is 0 Å². The van der Waals surface area contributed by atoms with Crippen molar-refractivity contribution in [3.8, 4) is 0 Å². The average Bonchev–Trinajstić information content (AvgIpc) is 0.764. The standard InChI is InChI=1S/C56H96N4O40/c1-14-30(73)39(82)41(84)53(88-14)100-49-48(99-51-27(58-16(3)69)37(80)32(75)21(7-62)89-51)36(79)25(11-66)93-56(49)97-46-29(60-18(5)71)52(90-23(9-64)34(46)77)98-47-35(78)24(10-65)92-55(43(47)86)95-44(19(6-61)57-15(2)68)31(74)20(72)13-87-50-28(59-17(4)70)38(81)45(26(12-67)94-50)96-54-42(85)40(83)33(76)22(8-63)91-54/h14,19-56,61-67,72-86H,6-13H2,1-5H3,(H,57,68)(H,58,69)(H,59,70)(H,60,71)/t14-,19-,20+,21+,22+,23+,24+,25+,26+,27+,28+,29+,30+,31-,32-,33-,34+,35-,36-,37+,38+,39+,40-,41-,42+,43+,44+,45+,46+,47-,48-,49+,50+,51+,52-,53-,54-,55-,56-/m0/s1. The lowest BCUT2D eigenvalue weighted by atomic mass is 9.93. The van der Waals surface area contributed by atoms with E-state index in [0.717, 1.165) is 27.7 Å². The molecular weight excluding hydrogens is 1370 g/mol. The fourth-order valence-electron chi connectivity index (χ4n) is 12.5. The lowest BCUT2D eigenvalue weighted by Crippen LogP contribution is -2.71. The number of carbonyl (C=O) groups excluding carboxylic acids is 4. The molecule has 0 saturated carbocycles. The van der Waals surface area contributed by atoms with Crippen molar-refractivity contribution >= 4 is 23.6 Å². The van der Waals surface area contributed by atoms with Crippen LogP contribution in [0.4, 0.5) is 0 Å². The zero-order valence-corrected chi connectivity index (χ0v) is 54.4. The first kappa shape index (κ1) is 83.7. The molecule has 7 rings (SSSR count). The van der Waals surface area contributed by atoms with E-state index in [1.54, 1.807) is 0 Å². The molecule has 26 N–H and O–H groups in total. The van der Waals surface area contributed by atoms with Crippen LogP contribution in [0.5, 0.6) is 0 Å². The lowest BCUT2D eigenvalue weighted by molar-refractivity contribution is -0.400. The highest BCUT2D eigenvalue weighted by Gasteiger charge is 2.60. The third-order valence-corrected chi connectivity index (χ3v) is 17.9. The van der Waals surface area contributed by atoms with Crippen LogP contribution in [0.3, 0.4) is 0 Å². The third kappa shape index (κ3) is 19.2. The Bertz CT molecular complexity index is 2570. The second kappa shape index (κ2) is 37.1. The van der Waals surface area contributed by atoms with E-state index in [-0.39, 0.29) is 0 Å². The van der Waals surface area contributed by atoms with Gasteiger partial charge < -0.3 is 200 Å². The fraction of sp³-hybridized carbons (Fsp3) is 0.929. The molecule has 580 valence electrons. The molecule has 0 unspecified atom stereocenters. The molecular formula is C56H96N4O40. The number of amides is 4. The smallest absolute Gasteiger partial charge is 0.217 e. The summed E-state index contributed by atoms with van der Waals surface area (Å²) >= 11 is 0. The van der Waals surface area contributed by atoms with Crippen LogP contribution in [0.2, 0.25) is 0 Å². The molecule has 0 aromatic carbocycles. The van der Waals surface area contributed by atoms with E-state index in [4.69, 9.17) is 66.3 Å². The summed E-state index contributed by atoms with van der Waals surface area (Å²) in [4.78, 5) is 50.9. The van der Waals surface area contributed by atoms with Crippen molar-refractivity contribution in [3.05, 3.63) is 0 Å². The predicted octanol–water partition coefficient (Wildman–Crippen LogP) is -17.2. The van der Waals surface area contributed by atoms with Crippen LogP contribution < -0.4 is 21.3 Å². The summed E-state index contributed by atoms with van der Waals surface area (Å²) in [6, 6.07) is -7.29. The van der Waals surface area contributed by atoms with Crippen LogP contribution in [0.25, 0.3) is 0 Å². The van der Waals surface area contributed by atoms with E-state index in [9.17, 15) is 132 Å². The summed E-state index contributed by atoms with van der Waals surface area (Å²) in [5, 5.41) is 251. The van der Waals surface area contributed by atoms with E-state index in [2.05, 4.69) is 21.3 Å². The van der Waals surface area contributed by atoms with Crippen LogP contribution in [-0.4, -0.2) is 428 Å². The molecule has 39 atom stereocenters. The van der Waals surface area contributed by atoms with E-state index in [1.807, 2.05) is 0 Å². The number of rotatable bonds is 29. The van der Waals surface area contributed by atoms with Crippen molar-refractivity contribution in [2.24, 2.45) is 0 Å². The minimum Gasteiger partial charge on any atom is -0.394 e. The highest BCUT2D eigenvalue weighted by atomic mass is 16.8. The van der Waals surface area contributed by atoms with Gasteiger partial charge in [0.1, 0.15) is 183 Å². The maximum Gasteiger partial charge on any atom is 0.217 e. The Morgan fingerprint density at radius 1 is 0.360 bits per heavy atom. The van der Waals surface area contributed by atoms with Gasteiger partial charge in [0.25, 0.3) is 0 Å². The Morgan fingerprint density at radius 3 is 1.27 bits per heavy atom. The maximum atomic E-state index is 13.3. The summed E-state index contributed by atoms with van der Waals surface area (Å²) < 4.78 is 82.5. The minimum atomic E-state index is -2.45. The first-order valence-electron chi connectivity index (χ1n) is 31.9. The van der Waals surface area contributed by atoms with Gasteiger partial charge >= 0.3 is 0 Å². The van der Waals surface area contributed by atoms with Gasteiger partial charge in [0.05, 0.1) is 65.0 Å². The second-order valence-corrected chi connectivity index (χ2v) is 25.1. The third-order valence-electron chi connectivity index (χ3n) is 17.9. The van der Waals surface area contributed by atoms with E-state index >= 15 is 0 Å². The average molecular weight is 1470 g/mol. The molecule has 0 bridgehead atoms. The SMILES string of the molecule is CC(=O)N[C@H]1[C@H](OC[C@@H](O)[C@H](O)[C@H](O[C@@H]2O[C@H](CO)[C@H](O)[C@H](O[C@@H]3O[C@H](CO)[C@@H](O)[C@H](O[C@@H]4O[C@H](CO)[C@H](O)[C@H](O[C@H]5O[C@H](CO)[C@H](O)[C@H](O)[C@H]5NC(C)=O)[C@H]4O[C@@H]4O[C@@H](C)[C@@H](O)[C@@H](O)[C@@H]4O)[C@H]3NC(C)=O)[C@H]2O)[C@H](CO)NC(C)=O)O[C@H](CO)[C@@H](O[C@@H]2O[C@H](CO)[C@H](O)[C@H](O)[C@H]2O)[C@@H]1O. The zero-order chi connectivity index (χ0) is 74.2. The topological polar surface area (TPSA) is 691 Å². The van der Waals surface area contributed by atoms with E-state index in [1.165, 1.54) is 6.92 Å². The zero-order valence-electron chi connectivity index (χ0n) is 54.4. The van der Waals surface area contributed by atoms with Crippen molar-refractivity contribution < 1.29 is 198 Å². The fourth-order valence-corrected chi connectivity index (χ4v) is 12.5. The van der Waals surface area contributed by atoms with Gasteiger partial charge in [0.2, 0.25) is 23.6 Å². The van der Waals surface area contributed by atoms with Crippen LogP contribution in [0.1, 0.15) is 34.6 Å². The Balaban J connectivity index is 1.17. The summed E-state index contributed by atoms with van der Waals surface area (Å²) in [6.07, 6.45) is -70.5. The summed E-state index contributed by atoms with van der Waals surface area (Å²) in [6.45, 7) is -3.50. The number of carbonyl (C=O) groups is 4. The van der Waals surface area contributed by atoms with Gasteiger partial charge in [0, 0.05) is 27.7 Å². The maximum absolute atomic E-state index is 13.3. The number of nitrogens with one attached hydrogen (secondary N) is 4. The molecule has 7 fully saturated rings. The first-order valence-corrected chi connectivity index (χ1v) is 31.9. The molecule has 44 heteroatoms. The van der Waals surface area contributed by atoms with Crippen LogP contribution in [-0.2, 0) is 85.5 Å². The number of hydrogen-bond donors (Lipinski definition) is 26. The first-order chi connectivity index (χ1) is 47.2. The van der Waals surface area contributed by atoms with Gasteiger partial charge in [-0.25, -0.2) is 0 Å². The summed E-state index contributed by atoms with van der Waals surface area (Å²) in [5.74, 6) is -3.58. The molecule has 0 spiro atoms.